The summed E-state index contributed by atoms with van der Waals surface area (Å²) in [4.78, 5) is 29.1. The second kappa shape index (κ2) is 8.99. The lowest BCUT2D eigenvalue weighted by Gasteiger charge is -2.43. The van der Waals surface area contributed by atoms with Crippen molar-refractivity contribution < 1.29 is 4.79 Å². The topological polar surface area (TPSA) is 52.6 Å². The fourth-order valence-electron chi connectivity index (χ4n) is 5.46. The number of likely N-dealkylation sites (tertiary alicyclic amines) is 1. The minimum atomic E-state index is 0.214. The maximum absolute atomic E-state index is 12.7. The lowest BCUT2D eigenvalue weighted by molar-refractivity contribution is -0.135. The average Bonchev–Trinajstić information content (AvgIpc) is 3.02. The molecular weight excluding hydrogens is 362 g/mol. The van der Waals surface area contributed by atoms with Crippen LogP contribution in [0.2, 0.25) is 0 Å². The normalized spacial score (nSPS) is 26.5. The van der Waals surface area contributed by atoms with Gasteiger partial charge in [-0.25, -0.2) is 9.97 Å². The van der Waals surface area contributed by atoms with Crippen molar-refractivity contribution in [1.29, 1.82) is 0 Å². The third-order valence-electron chi connectivity index (χ3n) is 7.40. The van der Waals surface area contributed by atoms with E-state index in [2.05, 4.69) is 23.6 Å². The first-order valence-corrected chi connectivity index (χ1v) is 11.6. The van der Waals surface area contributed by atoms with Gasteiger partial charge in [0.25, 0.3) is 0 Å². The third kappa shape index (κ3) is 4.42. The summed E-state index contributed by atoms with van der Waals surface area (Å²) in [5.74, 6) is 1.37. The molecule has 0 radical (unpaired) electrons. The Hall–Kier alpha value is -1.69. The van der Waals surface area contributed by atoms with Crippen molar-refractivity contribution in [3.05, 3.63) is 18.0 Å². The highest BCUT2D eigenvalue weighted by molar-refractivity contribution is 5.78. The molecule has 1 aliphatic carbocycles. The number of aromatic nitrogens is 2. The maximum Gasteiger partial charge on any atom is 0.225 e. The molecule has 4 rings (SSSR count). The van der Waals surface area contributed by atoms with Crippen LogP contribution in [0.5, 0.6) is 0 Å². The molecule has 0 spiro atoms. The SMILES string of the molecule is CCC(C)N1CC2CCC(C1)N2c1ncc(CN(C)C(=O)C2CCCCC2)cn1. The fraction of sp³-hybridized carbons (Fsp3) is 0.783. The minimum Gasteiger partial charge on any atom is -0.341 e. The van der Waals surface area contributed by atoms with E-state index in [1.165, 1.54) is 38.5 Å². The van der Waals surface area contributed by atoms with Gasteiger partial charge in [0.2, 0.25) is 11.9 Å². The first kappa shape index (κ1) is 20.6. The van der Waals surface area contributed by atoms with E-state index in [0.29, 0.717) is 24.7 Å². The molecule has 29 heavy (non-hydrogen) atoms. The summed E-state index contributed by atoms with van der Waals surface area (Å²) in [6.45, 7) is 7.46. The number of rotatable bonds is 6. The predicted octanol–water partition coefficient (Wildman–Crippen LogP) is 3.47. The van der Waals surface area contributed by atoms with E-state index in [4.69, 9.17) is 9.97 Å². The molecule has 2 saturated heterocycles. The second-order valence-corrected chi connectivity index (χ2v) is 9.42. The summed E-state index contributed by atoms with van der Waals surface area (Å²) in [6, 6.07) is 1.72. The highest BCUT2D eigenvalue weighted by Crippen LogP contribution is 2.34. The Morgan fingerprint density at radius 3 is 2.31 bits per heavy atom. The van der Waals surface area contributed by atoms with Crippen LogP contribution in [-0.2, 0) is 11.3 Å². The van der Waals surface area contributed by atoms with E-state index in [0.717, 1.165) is 37.4 Å². The van der Waals surface area contributed by atoms with Crippen LogP contribution in [0, 0.1) is 5.92 Å². The number of amides is 1. The van der Waals surface area contributed by atoms with Crippen molar-refractivity contribution in [2.24, 2.45) is 5.92 Å². The molecule has 1 amide bonds. The molecule has 1 aromatic rings. The molecule has 3 fully saturated rings. The Morgan fingerprint density at radius 2 is 1.72 bits per heavy atom. The highest BCUT2D eigenvalue weighted by Gasteiger charge is 2.42. The number of carbonyl (C=O) groups is 1. The van der Waals surface area contributed by atoms with E-state index in [9.17, 15) is 4.79 Å². The lowest BCUT2D eigenvalue weighted by atomic mass is 9.88. The molecule has 2 aliphatic heterocycles. The molecule has 2 bridgehead atoms. The smallest absolute Gasteiger partial charge is 0.225 e. The number of hydrogen-bond donors (Lipinski definition) is 0. The average molecular weight is 400 g/mol. The summed E-state index contributed by atoms with van der Waals surface area (Å²) in [6.07, 6.45) is 13.3. The summed E-state index contributed by atoms with van der Waals surface area (Å²) in [7, 11) is 1.92. The summed E-state index contributed by atoms with van der Waals surface area (Å²) < 4.78 is 0. The van der Waals surface area contributed by atoms with Gasteiger partial charge >= 0.3 is 0 Å². The zero-order chi connectivity index (χ0) is 20.4. The van der Waals surface area contributed by atoms with Crippen LogP contribution < -0.4 is 4.90 Å². The van der Waals surface area contributed by atoms with Crippen LogP contribution in [0.4, 0.5) is 5.95 Å². The van der Waals surface area contributed by atoms with Gasteiger partial charge in [0.15, 0.2) is 0 Å². The largest absolute Gasteiger partial charge is 0.341 e. The molecule has 3 aliphatic rings. The first-order valence-electron chi connectivity index (χ1n) is 11.6. The van der Waals surface area contributed by atoms with Gasteiger partial charge in [-0.1, -0.05) is 26.2 Å². The monoisotopic (exact) mass is 399 g/mol. The van der Waals surface area contributed by atoms with Gasteiger partial charge in [-0.3, -0.25) is 9.69 Å². The van der Waals surface area contributed by atoms with E-state index in [1.807, 2.05) is 24.3 Å². The maximum atomic E-state index is 12.7. The number of carbonyl (C=O) groups excluding carboxylic acids is 1. The Kier molecular flexibility index (Phi) is 6.38. The molecule has 1 saturated carbocycles. The Bertz CT molecular complexity index is 673. The van der Waals surface area contributed by atoms with Crippen molar-refractivity contribution in [3.8, 4) is 0 Å². The minimum absolute atomic E-state index is 0.214. The molecule has 1 aromatic heterocycles. The van der Waals surface area contributed by atoms with E-state index < -0.39 is 0 Å². The van der Waals surface area contributed by atoms with Crippen molar-refractivity contribution in [3.63, 3.8) is 0 Å². The van der Waals surface area contributed by atoms with Gasteiger partial charge in [-0.15, -0.1) is 0 Å². The lowest BCUT2D eigenvalue weighted by Crippen LogP contribution is -2.56. The van der Waals surface area contributed by atoms with Crippen LogP contribution in [-0.4, -0.2) is 63.9 Å². The molecule has 0 N–H and O–H groups in total. The first-order chi connectivity index (χ1) is 14.1. The van der Waals surface area contributed by atoms with E-state index in [-0.39, 0.29) is 11.8 Å². The van der Waals surface area contributed by atoms with Crippen LogP contribution >= 0.6 is 0 Å². The van der Waals surface area contributed by atoms with Crippen molar-refractivity contribution in [2.45, 2.75) is 89.9 Å². The van der Waals surface area contributed by atoms with Crippen molar-refractivity contribution >= 4 is 11.9 Å². The summed E-state index contributed by atoms with van der Waals surface area (Å²) in [5.41, 5.74) is 1.02. The van der Waals surface area contributed by atoms with Gasteiger partial charge in [-0.05, 0) is 39.0 Å². The van der Waals surface area contributed by atoms with E-state index >= 15 is 0 Å². The molecule has 3 unspecified atom stereocenters. The zero-order valence-corrected chi connectivity index (χ0v) is 18.4. The summed E-state index contributed by atoms with van der Waals surface area (Å²) in [5, 5.41) is 0. The molecule has 6 nitrogen and oxygen atoms in total. The van der Waals surface area contributed by atoms with Gasteiger partial charge in [0.05, 0.1) is 0 Å². The van der Waals surface area contributed by atoms with Crippen molar-refractivity contribution in [1.82, 2.24) is 19.8 Å². The molecule has 6 heteroatoms. The molecular formula is C23H37N5O. The molecule has 3 atom stereocenters. The standard InChI is InChI=1S/C23H37N5O/c1-4-17(2)27-15-20-10-11-21(16-27)28(20)23-24-12-18(13-25-23)14-26(3)22(29)19-8-6-5-7-9-19/h12-13,17,19-21H,4-11,14-16H2,1-3H3. The third-order valence-corrected chi connectivity index (χ3v) is 7.40. The van der Waals surface area contributed by atoms with Gasteiger partial charge < -0.3 is 9.80 Å². The number of fused-ring (bicyclic) bond motifs is 2. The Balaban J connectivity index is 1.36. The van der Waals surface area contributed by atoms with Crippen LogP contribution in [0.25, 0.3) is 0 Å². The predicted molar refractivity (Wildman–Crippen MR) is 116 cm³/mol. The highest BCUT2D eigenvalue weighted by atomic mass is 16.2. The van der Waals surface area contributed by atoms with E-state index in [1.54, 1.807) is 0 Å². The number of hydrogen-bond acceptors (Lipinski definition) is 5. The van der Waals surface area contributed by atoms with Gasteiger partial charge in [0, 0.05) is 68.7 Å². The van der Waals surface area contributed by atoms with Gasteiger partial charge in [0.1, 0.15) is 0 Å². The molecule has 0 aromatic carbocycles. The quantitative estimate of drug-likeness (QED) is 0.733. The van der Waals surface area contributed by atoms with Crippen molar-refractivity contribution in [2.75, 3.05) is 25.0 Å². The van der Waals surface area contributed by atoms with Gasteiger partial charge in [-0.2, -0.15) is 0 Å². The Morgan fingerprint density at radius 1 is 1.10 bits per heavy atom. The van der Waals surface area contributed by atoms with Crippen LogP contribution in [0.3, 0.4) is 0 Å². The fourth-order valence-corrected chi connectivity index (χ4v) is 5.46. The Labute approximate surface area is 175 Å². The number of piperazine rings is 1. The number of anilines is 1. The van der Waals surface area contributed by atoms with Crippen LogP contribution in [0.1, 0.15) is 70.8 Å². The molecule has 160 valence electrons. The second-order valence-electron chi connectivity index (χ2n) is 9.42. The van der Waals surface area contributed by atoms with Crippen LogP contribution in [0.15, 0.2) is 12.4 Å². The molecule has 3 heterocycles. The zero-order valence-electron chi connectivity index (χ0n) is 18.4. The summed E-state index contributed by atoms with van der Waals surface area (Å²) >= 11 is 0. The number of nitrogens with zero attached hydrogens (tertiary/aromatic N) is 5.